The molecule has 4 nitrogen and oxygen atoms in total. The maximum absolute atomic E-state index is 11.1. The van der Waals surface area contributed by atoms with E-state index in [0.717, 1.165) is 0 Å². The van der Waals surface area contributed by atoms with Crippen molar-refractivity contribution in [1.82, 2.24) is 0 Å². The van der Waals surface area contributed by atoms with E-state index < -0.39 is 5.97 Å². The molecule has 0 aliphatic heterocycles. The monoisotopic (exact) mass is 214 g/mol. The van der Waals surface area contributed by atoms with Gasteiger partial charge >= 0.3 is 11.9 Å². The van der Waals surface area contributed by atoms with Crippen LogP contribution in [0.1, 0.15) is 33.6 Å². The van der Waals surface area contributed by atoms with Crippen LogP contribution >= 0.6 is 0 Å². The zero-order valence-corrected chi connectivity index (χ0v) is 9.54. The second-order valence-electron chi connectivity index (χ2n) is 3.36. The molecule has 0 aromatic carbocycles. The van der Waals surface area contributed by atoms with Gasteiger partial charge < -0.3 is 9.47 Å². The van der Waals surface area contributed by atoms with Crippen molar-refractivity contribution in [1.29, 1.82) is 0 Å². The number of ether oxygens (including phenoxy) is 2. The van der Waals surface area contributed by atoms with Gasteiger partial charge in [-0.1, -0.05) is 13.5 Å². The average Bonchev–Trinajstić information content (AvgIpc) is 2.17. The van der Waals surface area contributed by atoms with Gasteiger partial charge in [-0.15, -0.1) is 0 Å². The van der Waals surface area contributed by atoms with Gasteiger partial charge in [0.25, 0.3) is 0 Å². The number of carbonyl (C=O) groups is 2. The lowest BCUT2D eigenvalue weighted by Crippen LogP contribution is -2.18. The smallest absolute Gasteiger partial charge is 0.333 e. The Morgan fingerprint density at radius 2 is 2.00 bits per heavy atom. The molecule has 0 amide bonds. The van der Waals surface area contributed by atoms with E-state index in [9.17, 15) is 9.59 Å². The second-order valence-corrected chi connectivity index (χ2v) is 3.36. The van der Waals surface area contributed by atoms with E-state index in [4.69, 9.17) is 9.47 Å². The number of hydrogen-bond acceptors (Lipinski definition) is 4. The van der Waals surface area contributed by atoms with Crippen LogP contribution in [0.3, 0.4) is 0 Å². The van der Waals surface area contributed by atoms with Crippen LogP contribution in [0.25, 0.3) is 0 Å². The molecule has 0 saturated carbocycles. The summed E-state index contributed by atoms with van der Waals surface area (Å²) in [6.07, 6.45) is 0.601. The standard InChI is InChI=1S/C11H18O4/c1-5-10(12)14-7-6-9(4)15-11(13)8(2)3/h9H,2,5-7H2,1,3-4H3. The fraction of sp³-hybridized carbons (Fsp3) is 0.636. The number of hydrogen-bond donors (Lipinski definition) is 0. The molecule has 4 heteroatoms. The van der Waals surface area contributed by atoms with E-state index >= 15 is 0 Å². The molecule has 0 radical (unpaired) electrons. The quantitative estimate of drug-likeness (QED) is 0.500. The molecule has 1 unspecified atom stereocenters. The van der Waals surface area contributed by atoms with Gasteiger partial charge in [0, 0.05) is 18.4 Å². The molecule has 0 bridgehead atoms. The average molecular weight is 214 g/mol. The minimum Gasteiger partial charge on any atom is -0.466 e. The minimum absolute atomic E-state index is 0.242. The third-order valence-corrected chi connectivity index (χ3v) is 1.73. The zero-order valence-electron chi connectivity index (χ0n) is 9.54. The molecule has 86 valence electrons. The van der Waals surface area contributed by atoms with Crippen molar-refractivity contribution in [2.45, 2.75) is 39.7 Å². The van der Waals surface area contributed by atoms with Crippen molar-refractivity contribution >= 4 is 11.9 Å². The van der Waals surface area contributed by atoms with Crippen LogP contribution in [-0.4, -0.2) is 24.6 Å². The Bertz CT molecular complexity index is 245. The van der Waals surface area contributed by atoms with Crippen molar-refractivity contribution < 1.29 is 19.1 Å². The maximum atomic E-state index is 11.1. The van der Waals surface area contributed by atoms with Crippen molar-refractivity contribution in [3.8, 4) is 0 Å². The van der Waals surface area contributed by atoms with Crippen LogP contribution in [0.5, 0.6) is 0 Å². The van der Waals surface area contributed by atoms with Gasteiger partial charge in [0.2, 0.25) is 0 Å². The summed E-state index contributed by atoms with van der Waals surface area (Å²) in [5, 5.41) is 0. The Morgan fingerprint density at radius 1 is 1.40 bits per heavy atom. The predicted octanol–water partition coefficient (Wildman–Crippen LogP) is 1.84. The molecule has 0 aromatic rings. The van der Waals surface area contributed by atoms with Crippen LogP contribution in [0.15, 0.2) is 12.2 Å². The third-order valence-electron chi connectivity index (χ3n) is 1.73. The first kappa shape index (κ1) is 13.7. The highest BCUT2D eigenvalue weighted by Crippen LogP contribution is 2.02. The normalized spacial score (nSPS) is 11.7. The van der Waals surface area contributed by atoms with Gasteiger partial charge in [0.15, 0.2) is 0 Å². The van der Waals surface area contributed by atoms with Crippen molar-refractivity contribution in [3.05, 3.63) is 12.2 Å². The largest absolute Gasteiger partial charge is 0.466 e. The lowest BCUT2D eigenvalue weighted by atomic mass is 10.3. The lowest BCUT2D eigenvalue weighted by Gasteiger charge is -2.12. The predicted molar refractivity (Wildman–Crippen MR) is 56.2 cm³/mol. The Kier molecular flexibility index (Phi) is 6.42. The summed E-state index contributed by atoms with van der Waals surface area (Å²) in [5.41, 5.74) is 0.368. The van der Waals surface area contributed by atoms with Gasteiger partial charge in [-0.05, 0) is 13.8 Å². The molecular weight excluding hydrogens is 196 g/mol. The first-order valence-electron chi connectivity index (χ1n) is 4.99. The van der Waals surface area contributed by atoms with Gasteiger partial charge in [0.05, 0.1) is 6.61 Å². The molecule has 0 rings (SSSR count). The second kappa shape index (κ2) is 7.04. The van der Waals surface area contributed by atoms with Crippen LogP contribution in [0.2, 0.25) is 0 Å². The Labute approximate surface area is 90.2 Å². The summed E-state index contributed by atoms with van der Waals surface area (Å²) in [6.45, 7) is 8.81. The number of rotatable bonds is 6. The maximum Gasteiger partial charge on any atom is 0.333 e. The van der Waals surface area contributed by atoms with Gasteiger partial charge in [-0.3, -0.25) is 4.79 Å². The van der Waals surface area contributed by atoms with Crippen molar-refractivity contribution in [3.63, 3.8) is 0 Å². The van der Waals surface area contributed by atoms with E-state index in [2.05, 4.69) is 6.58 Å². The molecule has 0 aromatic heterocycles. The number of carbonyl (C=O) groups excluding carboxylic acids is 2. The summed E-state index contributed by atoms with van der Waals surface area (Å²) < 4.78 is 9.85. The highest BCUT2D eigenvalue weighted by atomic mass is 16.6. The summed E-state index contributed by atoms with van der Waals surface area (Å²) in [7, 11) is 0. The molecule has 0 fully saturated rings. The topological polar surface area (TPSA) is 52.6 Å². The summed E-state index contributed by atoms with van der Waals surface area (Å²) in [5.74, 6) is -0.655. The lowest BCUT2D eigenvalue weighted by molar-refractivity contribution is -0.147. The highest BCUT2D eigenvalue weighted by Gasteiger charge is 2.10. The summed E-state index contributed by atoms with van der Waals surface area (Å²) >= 11 is 0. The molecule has 0 aliphatic rings. The number of esters is 2. The Balaban J connectivity index is 3.66. The SMILES string of the molecule is C=C(C)C(=O)OC(C)CCOC(=O)CC. The Morgan fingerprint density at radius 3 is 2.47 bits per heavy atom. The van der Waals surface area contributed by atoms with Gasteiger partial charge in [-0.2, -0.15) is 0 Å². The summed E-state index contributed by atoms with van der Waals surface area (Å²) in [6, 6.07) is 0. The van der Waals surface area contributed by atoms with E-state index in [1.165, 1.54) is 0 Å². The molecular formula is C11H18O4. The molecule has 0 N–H and O–H groups in total. The van der Waals surface area contributed by atoms with E-state index in [-0.39, 0.29) is 18.7 Å². The molecule has 0 spiro atoms. The van der Waals surface area contributed by atoms with Crippen LogP contribution in [0, 0.1) is 0 Å². The fourth-order valence-corrected chi connectivity index (χ4v) is 0.783. The van der Waals surface area contributed by atoms with Gasteiger partial charge in [-0.25, -0.2) is 4.79 Å². The van der Waals surface area contributed by atoms with Crippen molar-refractivity contribution in [2.24, 2.45) is 0 Å². The van der Waals surface area contributed by atoms with Crippen LogP contribution in [-0.2, 0) is 19.1 Å². The first-order valence-corrected chi connectivity index (χ1v) is 4.99. The molecule has 15 heavy (non-hydrogen) atoms. The van der Waals surface area contributed by atoms with E-state index in [1.807, 2.05) is 0 Å². The van der Waals surface area contributed by atoms with Crippen LogP contribution < -0.4 is 0 Å². The minimum atomic E-state index is -0.413. The van der Waals surface area contributed by atoms with Crippen molar-refractivity contribution in [2.75, 3.05) is 6.61 Å². The molecule has 1 atom stereocenters. The van der Waals surface area contributed by atoms with Crippen LogP contribution in [0.4, 0.5) is 0 Å². The Hall–Kier alpha value is -1.32. The molecule has 0 heterocycles. The third kappa shape index (κ3) is 6.71. The molecule has 0 saturated heterocycles. The first-order chi connectivity index (χ1) is 6.97. The highest BCUT2D eigenvalue weighted by molar-refractivity contribution is 5.87. The fourth-order valence-electron chi connectivity index (χ4n) is 0.783. The summed E-state index contributed by atoms with van der Waals surface area (Å²) in [4.78, 5) is 21.9. The zero-order chi connectivity index (χ0) is 11.8. The van der Waals surface area contributed by atoms with E-state index in [0.29, 0.717) is 18.4 Å². The van der Waals surface area contributed by atoms with E-state index in [1.54, 1.807) is 20.8 Å². The molecule has 0 aliphatic carbocycles. The van der Waals surface area contributed by atoms with Gasteiger partial charge in [0.1, 0.15) is 6.10 Å².